The van der Waals surface area contributed by atoms with Crippen LogP contribution in [0.5, 0.6) is 0 Å². The first-order valence-electron chi connectivity index (χ1n) is 5.82. The Kier molecular flexibility index (Phi) is 5.28. The number of carbonyl (C=O) groups excluding carboxylic acids is 1. The van der Waals surface area contributed by atoms with Gasteiger partial charge < -0.3 is 10.1 Å². The Morgan fingerprint density at radius 3 is 2.70 bits per heavy atom. The number of benzene rings is 1. The van der Waals surface area contributed by atoms with E-state index in [1.165, 1.54) is 0 Å². The highest BCUT2D eigenvalue weighted by Gasteiger charge is 2.12. The van der Waals surface area contributed by atoms with Gasteiger partial charge in [0.1, 0.15) is 10.3 Å². The molecule has 0 saturated heterocycles. The lowest BCUT2D eigenvalue weighted by Gasteiger charge is -2.12. The molecule has 0 saturated carbocycles. The van der Waals surface area contributed by atoms with E-state index in [2.05, 4.69) is 42.2 Å². The summed E-state index contributed by atoms with van der Waals surface area (Å²) in [6.45, 7) is 0.406. The highest BCUT2D eigenvalue weighted by molar-refractivity contribution is 9.10. The number of halogens is 2. The molecule has 0 atom stereocenters. The second-order valence-electron chi connectivity index (χ2n) is 4.00. The number of carbonyl (C=O) groups is 1. The van der Waals surface area contributed by atoms with Crippen LogP contribution in [0.1, 0.15) is 16.1 Å². The fourth-order valence-electron chi connectivity index (χ4n) is 1.69. The number of hydrogen-bond acceptors (Lipinski definition) is 3. The van der Waals surface area contributed by atoms with E-state index in [-0.39, 0.29) is 5.91 Å². The molecule has 1 amide bonds. The molecule has 0 radical (unpaired) electrons. The highest BCUT2D eigenvalue weighted by Crippen LogP contribution is 2.26. The first-order valence-corrected chi connectivity index (χ1v) is 7.40. The average Bonchev–Trinajstić information content (AvgIpc) is 2.42. The van der Waals surface area contributed by atoms with Crippen LogP contribution in [0.25, 0.3) is 0 Å². The van der Waals surface area contributed by atoms with Crippen molar-refractivity contribution in [3.8, 4) is 0 Å². The van der Waals surface area contributed by atoms with Crippen molar-refractivity contribution in [3.05, 3.63) is 56.7 Å². The molecular weight excluding hydrogens is 388 g/mol. The van der Waals surface area contributed by atoms with Gasteiger partial charge in [-0.2, -0.15) is 0 Å². The van der Waals surface area contributed by atoms with Crippen molar-refractivity contribution >= 4 is 43.5 Å². The van der Waals surface area contributed by atoms with Crippen LogP contribution in [-0.2, 0) is 11.3 Å². The number of anilines is 1. The van der Waals surface area contributed by atoms with Crippen LogP contribution >= 0.6 is 31.9 Å². The molecule has 0 aliphatic rings. The summed E-state index contributed by atoms with van der Waals surface area (Å²) in [5.74, 6) is -0.262. The van der Waals surface area contributed by atoms with E-state index >= 15 is 0 Å². The molecule has 0 bridgehead atoms. The molecule has 0 unspecified atom stereocenters. The monoisotopic (exact) mass is 398 g/mol. The smallest absolute Gasteiger partial charge is 0.274 e. The van der Waals surface area contributed by atoms with Crippen molar-refractivity contribution < 1.29 is 9.53 Å². The zero-order valence-corrected chi connectivity index (χ0v) is 13.9. The lowest BCUT2D eigenvalue weighted by molar-refractivity contribution is 0.102. The summed E-state index contributed by atoms with van der Waals surface area (Å²) in [5.41, 5.74) is 1.94. The summed E-state index contributed by atoms with van der Waals surface area (Å²) < 4.78 is 6.66. The minimum Gasteiger partial charge on any atom is -0.380 e. The van der Waals surface area contributed by atoms with E-state index in [0.29, 0.717) is 22.6 Å². The van der Waals surface area contributed by atoms with Crippen molar-refractivity contribution in [1.82, 2.24) is 4.98 Å². The first kappa shape index (κ1) is 15.2. The molecular formula is C14H12Br2N2O2. The third-order valence-electron chi connectivity index (χ3n) is 2.60. The Morgan fingerprint density at radius 2 is 2.00 bits per heavy atom. The van der Waals surface area contributed by atoms with E-state index in [1.807, 2.05) is 18.2 Å². The third-order valence-corrected chi connectivity index (χ3v) is 3.79. The van der Waals surface area contributed by atoms with Gasteiger partial charge in [0.05, 0.1) is 6.61 Å². The molecule has 4 nitrogen and oxygen atoms in total. The molecule has 20 heavy (non-hydrogen) atoms. The predicted octanol–water partition coefficient (Wildman–Crippen LogP) is 4.01. The van der Waals surface area contributed by atoms with Gasteiger partial charge in [-0.3, -0.25) is 4.79 Å². The Balaban J connectivity index is 2.26. The lowest BCUT2D eigenvalue weighted by Crippen LogP contribution is -2.15. The summed E-state index contributed by atoms with van der Waals surface area (Å²) in [7, 11) is 1.61. The van der Waals surface area contributed by atoms with E-state index in [0.717, 1.165) is 10.0 Å². The van der Waals surface area contributed by atoms with Crippen LogP contribution < -0.4 is 5.32 Å². The van der Waals surface area contributed by atoms with E-state index in [4.69, 9.17) is 4.74 Å². The number of nitrogens with one attached hydrogen (secondary N) is 1. The van der Waals surface area contributed by atoms with Gasteiger partial charge in [-0.25, -0.2) is 4.98 Å². The Labute approximate surface area is 133 Å². The second kappa shape index (κ2) is 6.97. The van der Waals surface area contributed by atoms with Gasteiger partial charge in [0.25, 0.3) is 5.91 Å². The van der Waals surface area contributed by atoms with Crippen LogP contribution in [0.3, 0.4) is 0 Å². The number of methoxy groups -OCH3 is 1. The molecule has 2 aromatic rings. The maximum absolute atomic E-state index is 12.2. The summed E-state index contributed by atoms with van der Waals surface area (Å²) in [5, 5.41) is 2.85. The molecule has 0 aliphatic heterocycles. The van der Waals surface area contributed by atoms with Gasteiger partial charge >= 0.3 is 0 Å². The molecule has 1 aromatic carbocycles. The van der Waals surface area contributed by atoms with Gasteiger partial charge in [0, 0.05) is 22.8 Å². The second-order valence-corrected chi connectivity index (χ2v) is 5.67. The molecule has 1 N–H and O–H groups in total. The number of pyridine rings is 1. The van der Waals surface area contributed by atoms with Crippen LogP contribution in [0.2, 0.25) is 0 Å². The SMILES string of the molecule is COCc1c(Br)cccc1NC(=O)c1cccc(Br)n1. The largest absolute Gasteiger partial charge is 0.380 e. The number of ether oxygens (including phenoxy) is 1. The van der Waals surface area contributed by atoms with Crippen LogP contribution in [-0.4, -0.2) is 18.0 Å². The van der Waals surface area contributed by atoms with E-state index in [1.54, 1.807) is 25.3 Å². The maximum atomic E-state index is 12.2. The number of amides is 1. The zero-order valence-electron chi connectivity index (χ0n) is 10.7. The van der Waals surface area contributed by atoms with E-state index in [9.17, 15) is 4.79 Å². The first-order chi connectivity index (χ1) is 9.61. The van der Waals surface area contributed by atoms with Gasteiger partial charge in [-0.15, -0.1) is 0 Å². The normalized spacial score (nSPS) is 10.3. The van der Waals surface area contributed by atoms with Crippen molar-refractivity contribution in [3.63, 3.8) is 0 Å². The zero-order chi connectivity index (χ0) is 14.5. The Bertz CT molecular complexity index is 632. The maximum Gasteiger partial charge on any atom is 0.274 e. The quantitative estimate of drug-likeness (QED) is 0.790. The minimum atomic E-state index is -0.262. The van der Waals surface area contributed by atoms with Crippen LogP contribution in [0.15, 0.2) is 45.5 Å². The van der Waals surface area contributed by atoms with Crippen molar-refractivity contribution in [1.29, 1.82) is 0 Å². The third kappa shape index (κ3) is 3.65. The minimum absolute atomic E-state index is 0.262. The number of hydrogen-bond donors (Lipinski definition) is 1. The van der Waals surface area contributed by atoms with Crippen molar-refractivity contribution in [2.45, 2.75) is 6.61 Å². The fraction of sp³-hybridized carbons (Fsp3) is 0.143. The lowest BCUT2D eigenvalue weighted by atomic mass is 10.2. The molecule has 2 rings (SSSR count). The molecule has 0 aliphatic carbocycles. The Morgan fingerprint density at radius 1 is 1.25 bits per heavy atom. The summed E-state index contributed by atoms with van der Waals surface area (Å²) in [4.78, 5) is 16.3. The Hall–Kier alpha value is -1.24. The van der Waals surface area contributed by atoms with Crippen molar-refractivity contribution in [2.24, 2.45) is 0 Å². The van der Waals surface area contributed by atoms with E-state index < -0.39 is 0 Å². The standard InChI is InChI=1S/C14H12Br2N2O2/c1-20-8-9-10(15)4-2-5-11(9)18-14(19)12-6-3-7-13(16)17-12/h2-7H,8H2,1H3,(H,18,19). The molecule has 1 heterocycles. The average molecular weight is 400 g/mol. The molecule has 1 aromatic heterocycles. The van der Waals surface area contributed by atoms with Crippen LogP contribution in [0.4, 0.5) is 5.69 Å². The fourth-order valence-corrected chi connectivity index (χ4v) is 2.51. The molecule has 104 valence electrons. The highest BCUT2D eigenvalue weighted by atomic mass is 79.9. The number of aromatic nitrogens is 1. The number of rotatable bonds is 4. The number of nitrogens with zero attached hydrogens (tertiary/aromatic N) is 1. The van der Waals surface area contributed by atoms with Crippen LogP contribution in [0, 0.1) is 0 Å². The topological polar surface area (TPSA) is 51.2 Å². The molecule has 0 fully saturated rings. The summed E-state index contributed by atoms with van der Waals surface area (Å²) >= 11 is 6.70. The molecule has 0 spiro atoms. The van der Waals surface area contributed by atoms with Gasteiger partial charge in [-0.05, 0) is 40.2 Å². The van der Waals surface area contributed by atoms with Gasteiger partial charge in [0.2, 0.25) is 0 Å². The molecule has 6 heteroatoms. The predicted molar refractivity (Wildman–Crippen MR) is 84.7 cm³/mol. The van der Waals surface area contributed by atoms with Gasteiger partial charge in [0.15, 0.2) is 0 Å². The summed E-state index contributed by atoms with van der Waals surface area (Å²) in [6.07, 6.45) is 0. The van der Waals surface area contributed by atoms with Crippen molar-refractivity contribution in [2.75, 3.05) is 12.4 Å². The summed E-state index contributed by atoms with van der Waals surface area (Å²) in [6, 6.07) is 10.8. The van der Waals surface area contributed by atoms with Gasteiger partial charge in [-0.1, -0.05) is 28.1 Å².